The number of halogens is 1. The molecule has 6 heteroatoms. The highest BCUT2D eigenvalue weighted by Gasteiger charge is 2.14. The lowest BCUT2D eigenvalue weighted by atomic mass is 10.1. The van der Waals surface area contributed by atoms with Gasteiger partial charge in [-0.25, -0.2) is 4.79 Å². The quantitative estimate of drug-likeness (QED) is 0.930. The van der Waals surface area contributed by atoms with Crippen molar-refractivity contribution in [2.75, 3.05) is 0 Å². The van der Waals surface area contributed by atoms with Crippen molar-refractivity contribution in [2.45, 2.75) is 20.5 Å². The minimum absolute atomic E-state index is 0.253. The maximum atomic E-state index is 11.1. The van der Waals surface area contributed by atoms with Gasteiger partial charge in [-0.05, 0) is 41.9 Å². The van der Waals surface area contributed by atoms with Gasteiger partial charge in [0.15, 0.2) is 0 Å². The Hall–Kier alpha value is -1.82. The van der Waals surface area contributed by atoms with Gasteiger partial charge in [0.1, 0.15) is 12.4 Å². The summed E-state index contributed by atoms with van der Waals surface area (Å²) in [6.07, 6.45) is 0. The zero-order valence-corrected chi connectivity index (χ0v) is 13.1. The molecule has 0 aliphatic rings. The summed E-state index contributed by atoms with van der Waals surface area (Å²) in [5.41, 5.74) is 2.67. The largest absolute Gasteiger partial charge is 0.487 e. The molecule has 2 rings (SSSR count). The van der Waals surface area contributed by atoms with Crippen molar-refractivity contribution in [3.63, 3.8) is 0 Å². The number of hydrogen-bond donors (Lipinski definition) is 1. The summed E-state index contributed by atoms with van der Waals surface area (Å²) in [5.74, 6) is -0.388. The Kier molecular flexibility index (Phi) is 4.13. The van der Waals surface area contributed by atoms with Crippen LogP contribution < -0.4 is 4.74 Å². The number of nitrogens with zero attached hydrogens (tertiary/aromatic N) is 2. The zero-order chi connectivity index (χ0) is 14.9. The van der Waals surface area contributed by atoms with E-state index in [0.29, 0.717) is 17.9 Å². The Morgan fingerprint density at radius 2 is 2.15 bits per heavy atom. The minimum atomic E-state index is -0.953. The van der Waals surface area contributed by atoms with Crippen molar-refractivity contribution in [1.29, 1.82) is 0 Å². The zero-order valence-electron chi connectivity index (χ0n) is 11.5. The second-order valence-corrected chi connectivity index (χ2v) is 5.29. The molecule has 0 radical (unpaired) electrons. The van der Waals surface area contributed by atoms with Crippen LogP contribution in [0.2, 0.25) is 0 Å². The van der Waals surface area contributed by atoms with Gasteiger partial charge >= 0.3 is 5.97 Å². The number of hydrogen-bond acceptors (Lipinski definition) is 3. The molecule has 1 aromatic carbocycles. The molecular weight excluding hydrogens is 324 g/mol. The van der Waals surface area contributed by atoms with E-state index in [-0.39, 0.29) is 5.56 Å². The van der Waals surface area contributed by atoms with Gasteiger partial charge in [0.2, 0.25) is 0 Å². The van der Waals surface area contributed by atoms with Crippen molar-refractivity contribution in [3.05, 3.63) is 45.2 Å². The molecule has 0 saturated heterocycles. The van der Waals surface area contributed by atoms with Gasteiger partial charge in [0, 0.05) is 12.6 Å². The third-order valence-electron chi connectivity index (χ3n) is 3.14. The average molecular weight is 339 g/mol. The normalized spacial score (nSPS) is 10.6. The summed E-state index contributed by atoms with van der Waals surface area (Å²) in [4.78, 5) is 11.1. The number of aromatic nitrogens is 2. The van der Waals surface area contributed by atoms with E-state index >= 15 is 0 Å². The van der Waals surface area contributed by atoms with Crippen LogP contribution in [-0.2, 0) is 13.7 Å². The average Bonchev–Trinajstić information content (AvgIpc) is 2.62. The molecule has 0 amide bonds. The van der Waals surface area contributed by atoms with Gasteiger partial charge in [0.25, 0.3) is 0 Å². The van der Waals surface area contributed by atoms with E-state index in [1.165, 1.54) is 0 Å². The minimum Gasteiger partial charge on any atom is -0.487 e. The lowest BCUT2D eigenvalue weighted by Crippen LogP contribution is -2.06. The fourth-order valence-electron chi connectivity index (χ4n) is 1.99. The van der Waals surface area contributed by atoms with Crippen molar-refractivity contribution in [1.82, 2.24) is 9.78 Å². The highest BCUT2D eigenvalue weighted by atomic mass is 79.9. The molecule has 1 heterocycles. The molecule has 0 aliphatic heterocycles. The lowest BCUT2D eigenvalue weighted by molar-refractivity contribution is 0.0695. The number of carboxylic acid groups (broad SMARTS) is 1. The molecule has 0 spiro atoms. The first-order chi connectivity index (χ1) is 9.41. The number of carbonyl (C=O) groups is 1. The Bertz CT molecular complexity index is 665. The van der Waals surface area contributed by atoms with Gasteiger partial charge in [0.05, 0.1) is 21.4 Å². The molecule has 5 nitrogen and oxygen atoms in total. The van der Waals surface area contributed by atoms with Crippen LogP contribution in [0.3, 0.4) is 0 Å². The maximum Gasteiger partial charge on any atom is 0.336 e. The summed E-state index contributed by atoms with van der Waals surface area (Å²) in [5, 5.41) is 13.4. The summed E-state index contributed by atoms with van der Waals surface area (Å²) < 4.78 is 8.39. The summed E-state index contributed by atoms with van der Waals surface area (Å²) >= 11 is 3.47. The third kappa shape index (κ3) is 2.70. The first-order valence-electron chi connectivity index (χ1n) is 6.05. The highest BCUT2D eigenvalue weighted by molar-refractivity contribution is 9.10. The van der Waals surface area contributed by atoms with Gasteiger partial charge in [-0.2, -0.15) is 5.10 Å². The smallest absolute Gasteiger partial charge is 0.336 e. The van der Waals surface area contributed by atoms with Crippen LogP contribution in [0.1, 0.15) is 27.3 Å². The van der Waals surface area contributed by atoms with E-state index in [0.717, 1.165) is 15.9 Å². The van der Waals surface area contributed by atoms with Crippen molar-refractivity contribution in [3.8, 4) is 5.75 Å². The summed E-state index contributed by atoms with van der Waals surface area (Å²) in [7, 11) is 1.84. The molecule has 2 aromatic rings. The topological polar surface area (TPSA) is 64.4 Å². The number of carboxylic acids is 1. The molecule has 1 aromatic heterocycles. The molecule has 106 valence electrons. The first kappa shape index (κ1) is 14.6. The van der Waals surface area contributed by atoms with Gasteiger partial charge < -0.3 is 9.84 Å². The molecule has 0 unspecified atom stereocenters. The van der Waals surface area contributed by atoms with Gasteiger partial charge in [-0.15, -0.1) is 0 Å². The second-order valence-electron chi connectivity index (χ2n) is 4.49. The number of aromatic carboxylic acids is 1. The standard InChI is InChI=1S/C14H15BrN2O3/c1-8-10(14(18)19)5-4-6-12(8)20-7-11-13(15)9(2)16-17(11)3/h4-6H,7H2,1-3H3,(H,18,19). The van der Waals surface area contributed by atoms with E-state index in [1.54, 1.807) is 29.8 Å². The lowest BCUT2D eigenvalue weighted by Gasteiger charge is -2.11. The van der Waals surface area contributed by atoms with E-state index < -0.39 is 5.97 Å². The van der Waals surface area contributed by atoms with E-state index in [4.69, 9.17) is 9.84 Å². The SMILES string of the molecule is Cc1nn(C)c(COc2cccc(C(=O)O)c2C)c1Br. The van der Waals surface area contributed by atoms with E-state index in [1.807, 2.05) is 14.0 Å². The number of rotatable bonds is 4. The second kappa shape index (κ2) is 5.66. The third-order valence-corrected chi connectivity index (χ3v) is 4.17. The van der Waals surface area contributed by atoms with Gasteiger partial charge in [-0.3, -0.25) is 4.68 Å². The van der Waals surface area contributed by atoms with Crippen molar-refractivity contribution < 1.29 is 14.6 Å². The molecule has 0 atom stereocenters. The number of benzene rings is 1. The Morgan fingerprint density at radius 1 is 1.45 bits per heavy atom. The van der Waals surface area contributed by atoms with Crippen LogP contribution in [0.4, 0.5) is 0 Å². The highest BCUT2D eigenvalue weighted by Crippen LogP contribution is 2.25. The molecule has 0 aliphatic carbocycles. The number of ether oxygens (including phenoxy) is 1. The predicted molar refractivity (Wildman–Crippen MR) is 78.1 cm³/mol. The molecule has 1 N–H and O–H groups in total. The van der Waals surface area contributed by atoms with Gasteiger partial charge in [-0.1, -0.05) is 6.07 Å². The van der Waals surface area contributed by atoms with Crippen LogP contribution in [0, 0.1) is 13.8 Å². The molecular formula is C14H15BrN2O3. The van der Waals surface area contributed by atoms with Crippen LogP contribution in [0.5, 0.6) is 5.75 Å². The van der Waals surface area contributed by atoms with E-state index in [9.17, 15) is 4.79 Å². The summed E-state index contributed by atoms with van der Waals surface area (Å²) in [6.45, 7) is 3.97. The van der Waals surface area contributed by atoms with Crippen LogP contribution in [-0.4, -0.2) is 20.9 Å². The molecule has 0 saturated carbocycles. The Morgan fingerprint density at radius 3 is 2.70 bits per heavy atom. The molecule has 0 fully saturated rings. The maximum absolute atomic E-state index is 11.1. The predicted octanol–water partition coefficient (Wildman–Crippen LogP) is 3.08. The van der Waals surface area contributed by atoms with Crippen LogP contribution in [0.15, 0.2) is 22.7 Å². The van der Waals surface area contributed by atoms with Crippen molar-refractivity contribution >= 4 is 21.9 Å². The fourth-order valence-corrected chi connectivity index (χ4v) is 2.44. The fraction of sp³-hybridized carbons (Fsp3) is 0.286. The molecule has 20 heavy (non-hydrogen) atoms. The Labute approximate surface area is 125 Å². The van der Waals surface area contributed by atoms with Crippen LogP contribution in [0.25, 0.3) is 0 Å². The van der Waals surface area contributed by atoms with Crippen molar-refractivity contribution in [2.24, 2.45) is 7.05 Å². The first-order valence-corrected chi connectivity index (χ1v) is 6.84. The van der Waals surface area contributed by atoms with Crippen LogP contribution >= 0.6 is 15.9 Å². The summed E-state index contributed by atoms with van der Waals surface area (Å²) in [6, 6.07) is 5.00. The monoisotopic (exact) mass is 338 g/mol. The van der Waals surface area contributed by atoms with E-state index in [2.05, 4.69) is 21.0 Å². The Balaban J connectivity index is 2.23. The number of aryl methyl sites for hydroxylation is 2. The molecule has 0 bridgehead atoms.